The molecular formula is C9H13N3. The summed E-state index contributed by atoms with van der Waals surface area (Å²) in [6.07, 6.45) is 8.66. The molecule has 2 N–H and O–H groups in total. The van der Waals surface area contributed by atoms with Crippen LogP contribution in [0.5, 0.6) is 0 Å². The van der Waals surface area contributed by atoms with Gasteiger partial charge in [0.05, 0.1) is 5.69 Å². The Labute approximate surface area is 72.0 Å². The molecular weight excluding hydrogens is 150 g/mol. The van der Waals surface area contributed by atoms with Gasteiger partial charge >= 0.3 is 0 Å². The van der Waals surface area contributed by atoms with Crippen LogP contribution < -0.4 is 5.73 Å². The fourth-order valence-electron chi connectivity index (χ4n) is 1.37. The SMILES string of the molecule is NC(Cc1cnccn1)C1CC1. The molecule has 12 heavy (non-hydrogen) atoms. The lowest BCUT2D eigenvalue weighted by Gasteiger charge is -2.07. The van der Waals surface area contributed by atoms with E-state index < -0.39 is 0 Å². The first kappa shape index (κ1) is 7.68. The molecule has 0 aromatic carbocycles. The minimum atomic E-state index is 0.293. The first-order chi connectivity index (χ1) is 5.86. The number of aromatic nitrogens is 2. The number of hydrogen-bond donors (Lipinski definition) is 1. The molecule has 1 saturated carbocycles. The van der Waals surface area contributed by atoms with Crippen LogP contribution in [0.4, 0.5) is 0 Å². The van der Waals surface area contributed by atoms with Crippen molar-refractivity contribution in [2.45, 2.75) is 25.3 Å². The summed E-state index contributed by atoms with van der Waals surface area (Å²) < 4.78 is 0. The molecule has 1 fully saturated rings. The van der Waals surface area contributed by atoms with E-state index in [-0.39, 0.29) is 0 Å². The van der Waals surface area contributed by atoms with Crippen LogP contribution in [0.15, 0.2) is 18.6 Å². The standard InChI is InChI=1S/C9H13N3/c10-9(7-1-2-7)5-8-6-11-3-4-12-8/h3-4,6-7,9H,1-2,5,10H2. The van der Waals surface area contributed by atoms with Gasteiger partial charge in [0, 0.05) is 31.1 Å². The van der Waals surface area contributed by atoms with Gasteiger partial charge in [0.1, 0.15) is 0 Å². The lowest BCUT2D eigenvalue weighted by Crippen LogP contribution is -2.25. The highest BCUT2D eigenvalue weighted by atomic mass is 14.8. The predicted molar refractivity (Wildman–Crippen MR) is 46.4 cm³/mol. The summed E-state index contributed by atoms with van der Waals surface area (Å²) in [5.74, 6) is 0.743. The van der Waals surface area contributed by atoms with Crippen LogP contribution in [0.3, 0.4) is 0 Å². The zero-order valence-corrected chi connectivity index (χ0v) is 6.98. The number of nitrogens with two attached hydrogens (primary N) is 1. The van der Waals surface area contributed by atoms with Crippen LogP contribution in [-0.4, -0.2) is 16.0 Å². The average molecular weight is 163 g/mol. The van der Waals surface area contributed by atoms with Crippen LogP contribution in [0.2, 0.25) is 0 Å². The van der Waals surface area contributed by atoms with Crippen LogP contribution in [0.1, 0.15) is 18.5 Å². The van der Waals surface area contributed by atoms with Crippen molar-refractivity contribution in [2.75, 3.05) is 0 Å². The molecule has 1 unspecified atom stereocenters. The molecule has 2 rings (SSSR count). The second kappa shape index (κ2) is 3.19. The molecule has 1 aliphatic rings. The van der Waals surface area contributed by atoms with Gasteiger partial charge in [-0.1, -0.05) is 0 Å². The third kappa shape index (κ3) is 1.80. The second-order valence-electron chi connectivity index (χ2n) is 3.40. The van der Waals surface area contributed by atoms with Gasteiger partial charge in [-0.3, -0.25) is 9.97 Å². The summed E-state index contributed by atoms with van der Waals surface area (Å²) in [5, 5.41) is 0. The summed E-state index contributed by atoms with van der Waals surface area (Å²) in [4.78, 5) is 8.19. The molecule has 1 heterocycles. The molecule has 3 nitrogen and oxygen atoms in total. The Balaban J connectivity index is 1.94. The van der Waals surface area contributed by atoms with E-state index in [0.29, 0.717) is 6.04 Å². The van der Waals surface area contributed by atoms with E-state index >= 15 is 0 Å². The van der Waals surface area contributed by atoms with Crippen LogP contribution in [-0.2, 0) is 6.42 Å². The minimum Gasteiger partial charge on any atom is -0.327 e. The Morgan fingerprint density at radius 2 is 2.33 bits per heavy atom. The van der Waals surface area contributed by atoms with Gasteiger partial charge in [0.2, 0.25) is 0 Å². The first-order valence-electron chi connectivity index (χ1n) is 4.37. The van der Waals surface area contributed by atoms with Gasteiger partial charge in [0.15, 0.2) is 0 Å². The quantitative estimate of drug-likeness (QED) is 0.715. The average Bonchev–Trinajstić information content (AvgIpc) is 2.88. The molecule has 0 radical (unpaired) electrons. The molecule has 3 heteroatoms. The van der Waals surface area contributed by atoms with E-state index in [1.807, 2.05) is 0 Å². The Kier molecular flexibility index (Phi) is 2.04. The maximum Gasteiger partial charge on any atom is 0.0602 e. The highest BCUT2D eigenvalue weighted by Crippen LogP contribution is 2.32. The van der Waals surface area contributed by atoms with Crippen molar-refractivity contribution >= 4 is 0 Å². The van der Waals surface area contributed by atoms with Gasteiger partial charge in [-0.15, -0.1) is 0 Å². The predicted octanol–water partition coefficient (Wildman–Crippen LogP) is 0.756. The zero-order valence-electron chi connectivity index (χ0n) is 6.98. The summed E-state index contributed by atoms with van der Waals surface area (Å²) >= 11 is 0. The smallest absolute Gasteiger partial charge is 0.0602 e. The van der Waals surface area contributed by atoms with Crippen molar-refractivity contribution in [3.05, 3.63) is 24.3 Å². The summed E-state index contributed by atoms with van der Waals surface area (Å²) in [7, 11) is 0. The molecule has 0 bridgehead atoms. The topological polar surface area (TPSA) is 51.8 Å². The molecule has 0 saturated heterocycles. The molecule has 1 aliphatic carbocycles. The lowest BCUT2D eigenvalue weighted by atomic mass is 10.1. The van der Waals surface area contributed by atoms with E-state index in [1.165, 1.54) is 12.8 Å². The Hall–Kier alpha value is -0.960. The second-order valence-corrected chi connectivity index (χ2v) is 3.40. The molecule has 64 valence electrons. The highest BCUT2D eigenvalue weighted by Gasteiger charge is 2.28. The van der Waals surface area contributed by atoms with E-state index in [9.17, 15) is 0 Å². The zero-order chi connectivity index (χ0) is 8.39. The van der Waals surface area contributed by atoms with Crippen molar-refractivity contribution in [1.82, 2.24) is 9.97 Å². The monoisotopic (exact) mass is 163 g/mol. The van der Waals surface area contributed by atoms with Gasteiger partial charge in [-0.25, -0.2) is 0 Å². The fraction of sp³-hybridized carbons (Fsp3) is 0.556. The Morgan fingerprint density at radius 3 is 2.92 bits per heavy atom. The van der Waals surface area contributed by atoms with Crippen molar-refractivity contribution in [3.63, 3.8) is 0 Å². The number of hydrogen-bond acceptors (Lipinski definition) is 3. The molecule has 0 aliphatic heterocycles. The first-order valence-corrected chi connectivity index (χ1v) is 4.37. The number of nitrogens with zero attached hydrogens (tertiary/aromatic N) is 2. The maximum atomic E-state index is 5.94. The van der Waals surface area contributed by atoms with Gasteiger partial charge in [-0.2, -0.15) is 0 Å². The van der Waals surface area contributed by atoms with Gasteiger partial charge < -0.3 is 5.73 Å². The molecule has 1 aromatic rings. The normalized spacial score (nSPS) is 19.1. The van der Waals surface area contributed by atoms with Crippen molar-refractivity contribution in [2.24, 2.45) is 11.7 Å². The third-order valence-corrected chi connectivity index (χ3v) is 2.29. The van der Waals surface area contributed by atoms with Crippen molar-refractivity contribution < 1.29 is 0 Å². The van der Waals surface area contributed by atoms with Crippen molar-refractivity contribution in [1.29, 1.82) is 0 Å². The Bertz CT molecular complexity index is 243. The fourth-order valence-corrected chi connectivity index (χ4v) is 1.37. The van der Waals surface area contributed by atoms with Crippen LogP contribution >= 0.6 is 0 Å². The van der Waals surface area contributed by atoms with Gasteiger partial charge in [-0.05, 0) is 18.8 Å². The molecule has 1 atom stereocenters. The summed E-state index contributed by atoms with van der Waals surface area (Å²) in [6.45, 7) is 0. The molecule has 1 aromatic heterocycles. The van der Waals surface area contributed by atoms with E-state index in [1.54, 1.807) is 18.6 Å². The maximum absolute atomic E-state index is 5.94. The summed E-state index contributed by atoms with van der Waals surface area (Å²) in [6, 6.07) is 0.293. The minimum absolute atomic E-state index is 0.293. The largest absolute Gasteiger partial charge is 0.327 e. The third-order valence-electron chi connectivity index (χ3n) is 2.29. The van der Waals surface area contributed by atoms with E-state index in [0.717, 1.165) is 18.0 Å². The van der Waals surface area contributed by atoms with Crippen molar-refractivity contribution in [3.8, 4) is 0 Å². The molecule has 0 amide bonds. The van der Waals surface area contributed by atoms with E-state index in [2.05, 4.69) is 9.97 Å². The van der Waals surface area contributed by atoms with Crippen LogP contribution in [0.25, 0.3) is 0 Å². The van der Waals surface area contributed by atoms with E-state index in [4.69, 9.17) is 5.73 Å². The lowest BCUT2D eigenvalue weighted by molar-refractivity contribution is 0.583. The van der Waals surface area contributed by atoms with Gasteiger partial charge in [0.25, 0.3) is 0 Å². The summed E-state index contributed by atoms with van der Waals surface area (Å²) in [5.41, 5.74) is 6.95. The highest BCUT2D eigenvalue weighted by molar-refractivity contribution is 5.00. The number of rotatable bonds is 3. The Morgan fingerprint density at radius 1 is 1.50 bits per heavy atom. The molecule has 0 spiro atoms. The van der Waals surface area contributed by atoms with Crippen LogP contribution in [0, 0.1) is 5.92 Å².